The smallest absolute Gasteiger partial charge is 0.162 e. The van der Waals surface area contributed by atoms with Crippen molar-refractivity contribution in [3.8, 4) is 22.6 Å². The lowest BCUT2D eigenvalue weighted by Gasteiger charge is -2.35. The van der Waals surface area contributed by atoms with E-state index in [9.17, 15) is 0 Å². The molecule has 1 aliphatic heterocycles. The number of aryl methyl sites for hydroxylation is 1. The number of benzene rings is 1. The van der Waals surface area contributed by atoms with E-state index in [-0.39, 0.29) is 5.82 Å². The molecule has 0 saturated heterocycles. The first kappa shape index (κ1) is 18.4. The highest BCUT2D eigenvalue weighted by molar-refractivity contribution is 5.98. The van der Waals surface area contributed by atoms with Crippen LogP contribution >= 0.6 is 0 Å². The Morgan fingerprint density at radius 2 is 2.03 bits per heavy atom. The maximum absolute atomic E-state index is 15.6. The number of fused-ring (bicyclic) bond motifs is 4. The number of ether oxygens (including phenoxy) is 1. The van der Waals surface area contributed by atoms with Crippen LogP contribution in [0.5, 0.6) is 5.75 Å². The van der Waals surface area contributed by atoms with Gasteiger partial charge in [0.05, 0.1) is 18.3 Å². The molecule has 7 nitrogen and oxygen atoms in total. The summed E-state index contributed by atoms with van der Waals surface area (Å²) in [4.78, 5) is 4.61. The van der Waals surface area contributed by atoms with Crippen molar-refractivity contribution in [1.29, 1.82) is 0 Å². The van der Waals surface area contributed by atoms with Crippen LogP contribution in [0.15, 0.2) is 30.6 Å². The molecule has 4 aromatic rings. The monoisotopic (exact) mass is 418 g/mol. The maximum Gasteiger partial charge on any atom is 0.162 e. The number of hydrogen-bond acceptors (Lipinski definition) is 5. The zero-order valence-corrected chi connectivity index (χ0v) is 17.9. The SMILES string of the molecule is COc1c(-c2cn(C3CC3)c3ncccc23)cc(F)c2c1-n1c(C)nnc1C(C)(C)N2. The van der Waals surface area contributed by atoms with E-state index in [2.05, 4.69) is 31.3 Å². The zero-order valence-electron chi connectivity index (χ0n) is 17.9. The van der Waals surface area contributed by atoms with E-state index in [1.165, 1.54) is 0 Å². The molecule has 0 atom stereocenters. The molecular formula is C23H23FN6O. The van der Waals surface area contributed by atoms with Crippen LogP contribution in [0.1, 0.15) is 44.4 Å². The number of anilines is 1. The number of nitrogens with zero attached hydrogens (tertiary/aromatic N) is 5. The van der Waals surface area contributed by atoms with Gasteiger partial charge in [0, 0.05) is 34.9 Å². The molecule has 31 heavy (non-hydrogen) atoms. The highest BCUT2D eigenvalue weighted by atomic mass is 19.1. The van der Waals surface area contributed by atoms with Crippen LogP contribution in [0.3, 0.4) is 0 Å². The molecule has 1 fully saturated rings. The lowest BCUT2D eigenvalue weighted by atomic mass is 9.96. The summed E-state index contributed by atoms with van der Waals surface area (Å²) in [5, 5.41) is 12.9. The predicted octanol–water partition coefficient (Wildman–Crippen LogP) is 4.74. The average molecular weight is 418 g/mol. The van der Waals surface area contributed by atoms with Crippen molar-refractivity contribution in [1.82, 2.24) is 24.3 Å². The third-order valence-electron chi connectivity index (χ3n) is 6.28. The van der Waals surface area contributed by atoms with Gasteiger partial charge in [0.25, 0.3) is 0 Å². The Kier molecular flexibility index (Phi) is 3.59. The fraction of sp³-hybridized carbons (Fsp3) is 0.348. The summed E-state index contributed by atoms with van der Waals surface area (Å²) in [5.41, 5.74) is 2.94. The Labute approximate surface area is 178 Å². The molecule has 0 bridgehead atoms. The van der Waals surface area contributed by atoms with Gasteiger partial charge in [-0.3, -0.25) is 4.57 Å². The van der Waals surface area contributed by atoms with E-state index in [0.29, 0.717) is 34.6 Å². The van der Waals surface area contributed by atoms with Crippen LogP contribution < -0.4 is 10.1 Å². The van der Waals surface area contributed by atoms with E-state index in [4.69, 9.17) is 4.74 Å². The van der Waals surface area contributed by atoms with Crippen molar-refractivity contribution in [2.24, 2.45) is 0 Å². The summed E-state index contributed by atoms with van der Waals surface area (Å²) in [5.74, 6) is 1.65. The standard InChI is InChI=1S/C23H23FN6O/c1-12-27-28-22-23(2,3)26-18-17(24)10-15(20(31-4)19(18)30(12)22)16-11-29(13-7-8-13)21-14(16)6-5-9-25-21/h5-6,9-11,13,26H,7-8H2,1-4H3. The van der Waals surface area contributed by atoms with Crippen LogP contribution in [-0.4, -0.2) is 31.4 Å². The van der Waals surface area contributed by atoms with Crippen LogP contribution in [0.4, 0.5) is 10.1 Å². The lowest BCUT2D eigenvalue weighted by molar-refractivity contribution is 0.409. The summed E-state index contributed by atoms with van der Waals surface area (Å²) < 4.78 is 25.6. The van der Waals surface area contributed by atoms with Gasteiger partial charge < -0.3 is 14.6 Å². The molecule has 8 heteroatoms. The van der Waals surface area contributed by atoms with Gasteiger partial charge in [-0.05, 0) is 51.8 Å². The van der Waals surface area contributed by atoms with Crippen molar-refractivity contribution in [2.75, 3.05) is 12.4 Å². The molecule has 1 aromatic carbocycles. The minimum Gasteiger partial charge on any atom is -0.494 e. The van der Waals surface area contributed by atoms with Gasteiger partial charge in [-0.2, -0.15) is 0 Å². The Balaban J connectivity index is 1.69. The second-order valence-corrected chi connectivity index (χ2v) is 8.87. The van der Waals surface area contributed by atoms with Gasteiger partial charge in [0.2, 0.25) is 0 Å². The molecule has 0 radical (unpaired) electrons. The fourth-order valence-corrected chi connectivity index (χ4v) is 4.69. The van der Waals surface area contributed by atoms with Crippen molar-refractivity contribution >= 4 is 16.7 Å². The molecule has 1 N–H and O–H groups in total. The summed E-state index contributed by atoms with van der Waals surface area (Å²) in [6.45, 7) is 5.80. The third kappa shape index (κ3) is 2.47. The van der Waals surface area contributed by atoms with Crippen molar-refractivity contribution < 1.29 is 9.13 Å². The van der Waals surface area contributed by atoms with Gasteiger partial charge in [-0.1, -0.05) is 0 Å². The van der Waals surface area contributed by atoms with E-state index in [1.807, 2.05) is 37.5 Å². The summed E-state index contributed by atoms with van der Waals surface area (Å²) >= 11 is 0. The molecule has 1 saturated carbocycles. The third-order valence-corrected chi connectivity index (χ3v) is 6.28. The number of methoxy groups -OCH3 is 1. The number of pyridine rings is 1. The molecule has 0 unspecified atom stereocenters. The molecule has 3 aromatic heterocycles. The fourth-order valence-electron chi connectivity index (χ4n) is 4.69. The Morgan fingerprint density at radius 1 is 1.23 bits per heavy atom. The molecule has 0 amide bonds. The number of nitrogens with one attached hydrogen (secondary N) is 1. The first-order valence-electron chi connectivity index (χ1n) is 10.5. The van der Waals surface area contributed by atoms with Gasteiger partial charge >= 0.3 is 0 Å². The first-order chi connectivity index (χ1) is 14.9. The van der Waals surface area contributed by atoms with E-state index in [1.54, 1.807) is 19.4 Å². The van der Waals surface area contributed by atoms with Gasteiger partial charge in [0.15, 0.2) is 11.6 Å². The maximum atomic E-state index is 15.6. The Hall–Kier alpha value is -3.42. The number of rotatable bonds is 3. The van der Waals surface area contributed by atoms with E-state index in [0.717, 1.165) is 35.3 Å². The van der Waals surface area contributed by atoms with Crippen LogP contribution in [-0.2, 0) is 5.54 Å². The number of aromatic nitrogens is 5. The lowest BCUT2D eigenvalue weighted by Crippen LogP contribution is -2.36. The molecule has 2 aliphatic rings. The predicted molar refractivity (Wildman–Crippen MR) is 116 cm³/mol. The zero-order chi connectivity index (χ0) is 21.5. The largest absolute Gasteiger partial charge is 0.494 e. The molecular weight excluding hydrogens is 395 g/mol. The van der Waals surface area contributed by atoms with Crippen molar-refractivity contribution in [3.63, 3.8) is 0 Å². The van der Waals surface area contributed by atoms with Crippen molar-refractivity contribution in [3.05, 3.63) is 48.1 Å². The van der Waals surface area contributed by atoms with E-state index < -0.39 is 5.54 Å². The van der Waals surface area contributed by atoms with Gasteiger partial charge in [-0.15, -0.1) is 10.2 Å². The molecule has 6 rings (SSSR count). The van der Waals surface area contributed by atoms with Crippen LogP contribution in [0.2, 0.25) is 0 Å². The topological polar surface area (TPSA) is 69.8 Å². The summed E-state index contributed by atoms with van der Waals surface area (Å²) in [7, 11) is 1.62. The van der Waals surface area contributed by atoms with Gasteiger partial charge in [0.1, 0.15) is 23.0 Å². The average Bonchev–Trinajstić information content (AvgIpc) is 3.40. The summed E-state index contributed by atoms with van der Waals surface area (Å²) in [6, 6.07) is 5.96. The summed E-state index contributed by atoms with van der Waals surface area (Å²) in [6.07, 6.45) is 6.16. The minimum absolute atomic E-state index is 0.339. The minimum atomic E-state index is -0.576. The quantitative estimate of drug-likeness (QED) is 0.521. The highest BCUT2D eigenvalue weighted by Crippen LogP contribution is 2.49. The second-order valence-electron chi connectivity index (χ2n) is 8.87. The molecule has 1 aliphatic carbocycles. The molecule has 0 spiro atoms. The molecule has 158 valence electrons. The Morgan fingerprint density at radius 3 is 2.77 bits per heavy atom. The Bertz CT molecular complexity index is 1360. The normalized spacial score (nSPS) is 16.7. The molecule has 4 heterocycles. The van der Waals surface area contributed by atoms with Crippen molar-refractivity contribution in [2.45, 2.75) is 45.2 Å². The highest BCUT2D eigenvalue weighted by Gasteiger charge is 2.38. The number of hydrogen-bond donors (Lipinski definition) is 1. The van der Waals surface area contributed by atoms with E-state index >= 15 is 4.39 Å². The number of halogens is 1. The first-order valence-corrected chi connectivity index (χ1v) is 10.5. The van der Waals surface area contributed by atoms with Crippen LogP contribution in [0.25, 0.3) is 27.8 Å². The second kappa shape index (κ2) is 6.06. The van der Waals surface area contributed by atoms with Crippen LogP contribution in [0, 0.1) is 12.7 Å². The van der Waals surface area contributed by atoms with Gasteiger partial charge in [-0.25, -0.2) is 9.37 Å².